The topological polar surface area (TPSA) is 35.5 Å². The van der Waals surface area contributed by atoms with Crippen LogP contribution in [0.3, 0.4) is 0 Å². The van der Waals surface area contributed by atoms with Crippen molar-refractivity contribution in [2.75, 3.05) is 26.7 Å². The van der Waals surface area contributed by atoms with E-state index >= 15 is 0 Å². The van der Waals surface area contributed by atoms with Crippen molar-refractivity contribution in [1.29, 1.82) is 0 Å². The molecule has 19 heavy (non-hydrogen) atoms. The fourth-order valence-electron chi connectivity index (χ4n) is 3.63. The predicted octanol–water partition coefficient (Wildman–Crippen LogP) is 2.25. The molecular formula is C16H32N2O. The van der Waals surface area contributed by atoms with Crippen molar-refractivity contribution < 1.29 is 5.11 Å². The summed E-state index contributed by atoms with van der Waals surface area (Å²) in [6, 6.07) is 0.651. The van der Waals surface area contributed by atoms with Gasteiger partial charge in [0.2, 0.25) is 0 Å². The van der Waals surface area contributed by atoms with Crippen molar-refractivity contribution in [2.45, 2.75) is 64.0 Å². The number of hydrogen-bond acceptors (Lipinski definition) is 3. The van der Waals surface area contributed by atoms with Crippen LogP contribution >= 0.6 is 0 Å². The zero-order chi connectivity index (χ0) is 13.9. The molecule has 4 atom stereocenters. The SMILES string of the molecule is CCCNC1(CO)CCCC(N(C)CC2CC2C)C1. The van der Waals surface area contributed by atoms with E-state index in [-0.39, 0.29) is 12.1 Å². The third kappa shape index (κ3) is 3.93. The first-order valence-corrected chi connectivity index (χ1v) is 8.16. The monoisotopic (exact) mass is 268 g/mol. The van der Waals surface area contributed by atoms with Crippen LogP contribution in [0, 0.1) is 11.8 Å². The molecule has 2 aliphatic carbocycles. The molecule has 2 rings (SSSR count). The molecule has 0 spiro atoms. The quantitative estimate of drug-likeness (QED) is 0.743. The average molecular weight is 268 g/mol. The van der Waals surface area contributed by atoms with E-state index in [1.807, 2.05) is 0 Å². The van der Waals surface area contributed by atoms with Gasteiger partial charge in [-0.05, 0) is 64.0 Å². The summed E-state index contributed by atoms with van der Waals surface area (Å²) in [7, 11) is 2.28. The summed E-state index contributed by atoms with van der Waals surface area (Å²) >= 11 is 0. The summed E-state index contributed by atoms with van der Waals surface area (Å²) in [6.07, 6.45) is 7.34. The maximum atomic E-state index is 9.82. The Labute approximate surface area is 118 Å². The zero-order valence-corrected chi connectivity index (χ0v) is 13.0. The van der Waals surface area contributed by atoms with Gasteiger partial charge in [-0.25, -0.2) is 0 Å². The second-order valence-electron chi connectivity index (χ2n) is 7.03. The number of nitrogens with zero attached hydrogens (tertiary/aromatic N) is 1. The van der Waals surface area contributed by atoms with Gasteiger partial charge in [0.05, 0.1) is 6.61 Å². The third-order valence-electron chi connectivity index (χ3n) is 5.29. The van der Waals surface area contributed by atoms with E-state index in [2.05, 4.69) is 31.1 Å². The summed E-state index contributed by atoms with van der Waals surface area (Å²) in [6.45, 7) is 7.12. The first-order chi connectivity index (χ1) is 9.10. The van der Waals surface area contributed by atoms with Gasteiger partial charge >= 0.3 is 0 Å². The maximum Gasteiger partial charge on any atom is 0.0613 e. The molecule has 0 aromatic carbocycles. The van der Waals surface area contributed by atoms with E-state index in [1.165, 1.54) is 25.8 Å². The molecule has 112 valence electrons. The van der Waals surface area contributed by atoms with E-state index in [4.69, 9.17) is 0 Å². The number of aliphatic hydroxyl groups is 1. The van der Waals surface area contributed by atoms with Crippen LogP contribution in [-0.4, -0.2) is 48.3 Å². The molecule has 0 saturated heterocycles. The first-order valence-electron chi connectivity index (χ1n) is 8.16. The third-order valence-corrected chi connectivity index (χ3v) is 5.29. The Morgan fingerprint density at radius 1 is 1.42 bits per heavy atom. The molecule has 0 aromatic rings. The van der Waals surface area contributed by atoms with Gasteiger partial charge in [-0.1, -0.05) is 13.8 Å². The van der Waals surface area contributed by atoms with Gasteiger partial charge in [0.25, 0.3) is 0 Å². The molecule has 0 bridgehead atoms. The maximum absolute atomic E-state index is 9.82. The molecule has 3 nitrogen and oxygen atoms in total. The Morgan fingerprint density at radius 2 is 2.16 bits per heavy atom. The van der Waals surface area contributed by atoms with E-state index in [0.29, 0.717) is 6.04 Å². The fourth-order valence-corrected chi connectivity index (χ4v) is 3.63. The van der Waals surface area contributed by atoms with Crippen LogP contribution in [0.2, 0.25) is 0 Å². The van der Waals surface area contributed by atoms with Crippen molar-refractivity contribution in [1.82, 2.24) is 10.2 Å². The van der Waals surface area contributed by atoms with Crippen molar-refractivity contribution in [3.63, 3.8) is 0 Å². The van der Waals surface area contributed by atoms with Gasteiger partial charge in [-0.15, -0.1) is 0 Å². The van der Waals surface area contributed by atoms with E-state index < -0.39 is 0 Å². The first kappa shape index (κ1) is 15.3. The van der Waals surface area contributed by atoms with Crippen LogP contribution in [0.1, 0.15) is 52.4 Å². The molecule has 2 N–H and O–H groups in total. The van der Waals surface area contributed by atoms with Gasteiger partial charge < -0.3 is 15.3 Å². The normalized spacial score (nSPS) is 38.7. The van der Waals surface area contributed by atoms with Crippen LogP contribution in [0.4, 0.5) is 0 Å². The summed E-state index contributed by atoms with van der Waals surface area (Å²) in [4.78, 5) is 2.56. The van der Waals surface area contributed by atoms with Gasteiger partial charge in [0.15, 0.2) is 0 Å². The van der Waals surface area contributed by atoms with Crippen molar-refractivity contribution in [3.05, 3.63) is 0 Å². The number of nitrogens with one attached hydrogen (secondary N) is 1. The van der Waals surface area contributed by atoms with Crippen molar-refractivity contribution in [2.24, 2.45) is 11.8 Å². The van der Waals surface area contributed by atoms with E-state index in [0.717, 1.165) is 37.6 Å². The highest BCUT2D eigenvalue weighted by atomic mass is 16.3. The molecule has 2 aliphatic rings. The Balaban J connectivity index is 1.87. The zero-order valence-electron chi connectivity index (χ0n) is 13.0. The van der Waals surface area contributed by atoms with Crippen LogP contribution in [-0.2, 0) is 0 Å². The number of aliphatic hydroxyl groups excluding tert-OH is 1. The molecule has 0 aromatic heterocycles. The molecule has 3 heteroatoms. The number of rotatable bonds is 7. The lowest BCUT2D eigenvalue weighted by Gasteiger charge is -2.43. The standard InChI is InChI=1S/C16H32N2O/c1-4-8-17-16(12-19)7-5-6-15(10-16)18(3)11-14-9-13(14)2/h13-15,17,19H,4-12H2,1-3H3. The van der Waals surface area contributed by atoms with Gasteiger partial charge in [0.1, 0.15) is 0 Å². The lowest BCUT2D eigenvalue weighted by molar-refractivity contribution is 0.0676. The molecule has 0 heterocycles. The van der Waals surface area contributed by atoms with Crippen molar-refractivity contribution in [3.8, 4) is 0 Å². The second-order valence-corrected chi connectivity index (χ2v) is 7.03. The Morgan fingerprint density at radius 3 is 2.74 bits per heavy atom. The van der Waals surface area contributed by atoms with Crippen LogP contribution < -0.4 is 5.32 Å². The minimum Gasteiger partial charge on any atom is -0.394 e. The van der Waals surface area contributed by atoms with Crippen LogP contribution in [0.25, 0.3) is 0 Å². The van der Waals surface area contributed by atoms with Gasteiger partial charge in [0, 0.05) is 18.1 Å². The second kappa shape index (κ2) is 6.55. The molecule has 0 aliphatic heterocycles. The fraction of sp³-hybridized carbons (Fsp3) is 1.00. The number of hydrogen-bond donors (Lipinski definition) is 2. The van der Waals surface area contributed by atoms with Crippen LogP contribution in [0.15, 0.2) is 0 Å². The van der Waals surface area contributed by atoms with Crippen molar-refractivity contribution >= 4 is 0 Å². The Kier molecular flexibility index (Phi) is 5.27. The highest BCUT2D eigenvalue weighted by Gasteiger charge is 2.39. The summed E-state index contributed by atoms with van der Waals surface area (Å²) in [5.41, 5.74) is -0.0116. The highest BCUT2D eigenvalue weighted by Crippen LogP contribution is 2.39. The lowest BCUT2D eigenvalue weighted by Crippen LogP contribution is -2.55. The van der Waals surface area contributed by atoms with Gasteiger partial charge in [-0.2, -0.15) is 0 Å². The smallest absolute Gasteiger partial charge is 0.0613 e. The lowest BCUT2D eigenvalue weighted by atomic mass is 9.78. The summed E-state index contributed by atoms with van der Waals surface area (Å²) < 4.78 is 0. The molecule has 2 saturated carbocycles. The molecular weight excluding hydrogens is 236 g/mol. The van der Waals surface area contributed by atoms with E-state index in [1.54, 1.807) is 0 Å². The average Bonchev–Trinajstić information content (AvgIpc) is 3.12. The minimum absolute atomic E-state index is 0.0116. The summed E-state index contributed by atoms with van der Waals surface area (Å²) in [5, 5.41) is 13.4. The predicted molar refractivity (Wildman–Crippen MR) is 80.3 cm³/mol. The molecule has 0 radical (unpaired) electrons. The van der Waals surface area contributed by atoms with Crippen LogP contribution in [0.5, 0.6) is 0 Å². The Bertz CT molecular complexity index is 284. The molecule has 0 amide bonds. The highest BCUT2D eigenvalue weighted by molar-refractivity contribution is 4.97. The minimum atomic E-state index is -0.0116. The van der Waals surface area contributed by atoms with Gasteiger partial charge in [-0.3, -0.25) is 0 Å². The Hall–Kier alpha value is -0.120. The largest absolute Gasteiger partial charge is 0.394 e. The van der Waals surface area contributed by atoms with E-state index in [9.17, 15) is 5.11 Å². The molecule has 4 unspecified atom stereocenters. The molecule has 2 fully saturated rings. The summed E-state index contributed by atoms with van der Waals surface area (Å²) in [5.74, 6) is 1.87.